The zero-order valence-corrected chi connectivity index (χ0v) is 20.6. The molecule has 0 radical (unpaired) electrons. The summed E-state index contributed by atoms with van der Waals surface area (Å²) in [4.78, 5) is 29.3. The van der Waals surface area contributed by atoms with Crippen LogP contribution in [0.2, 0.25) is 0 Å². The molecule has 5 rings (SSSR count). The van der Waals surface area contributed by atoms with E-state index in [1.807, 2.05) is 55.5 Å². The summed E-state index contributed by atoms with van der Waals surface area (Å²) in [5.74, 6) is 0.871. The average molecular weight is 498 g/mol. The highest BCUT2D eigenvalue weighted by molar-refractivity contribution is 6.01. The Morgan fingerprint density at radius 3 is 2.59 bits per heavy atom. The number of fused-ring (bicyclic) bond motifs is 1. The molecule has 0 fully saturated rings. The molecule has 2 amide bonds. The van der Waals surface area contributed by atoms with Gasteiger partial charge in [-0.2, -0.15) is 0 Å². The van der Waals surface area contributed by atoms with Gasteiger partial charge in [-0.15, -0.1) is 5.10 Å². The van der Waals surface area contributed by atoms with E-state index in [2.05, 4.69) is 15.6 Å². The number of amides is 2. The van der Waals surface area contributed by atoms with Gasteiger partial charge in [-0.05, 0) is 61.4 Å². The third kappa shape index (κ3) is 5.02. The molecule has 3 aromatic heterocycles. The molecule has 188 valence electrons. The van der Waals surface area contributed by atoms with Crippen LogP contribution >= 0.6 is 0 Å². The van der Waals surface area contributed by atoms with Crippen molar-refractivity contribution in [3.05, 3.63) is 102 Å². The maximum Gasteiger partial charge on any atom is 0.251 e. The first kappa shape index (κ1) is 24.1. The summed E-state index contributed by atoms with van der Waals surface area (Å²) >= 11 is 0. The van der Waals surface area contributed by atoms with Gasteiger partial charge in [0.25, 0.3) is 5.91 Å². The molecule has 9 nitrogen and oxygen atoms in total. The van der Waals surface area contributed by atoms with E-state index < -0.39 is 11.9 Å². The Kier molecular flexibility index (Phi) is 6.85. The maximum atomic E-state index is 14.1. The lowest BCUT2D eigenvalue weighted by Crippen LogP contribution is -2.45. The van der Waals surface area contributed by atoms with E-state index in [4.69, 9.17) is 8.83 Å². The number of carbonyl (C=O) groups excluding carboxylic acids is 2. The topological polar surface area (TPSA) is 106 Å². The van der Waals surface area contributed by atoms with Crippen LogP contribution in [-0.4, -0.2) is 26.8 Å². The summed E-state index contributed by atoms with van der Waals surface area (Å²) in [5, 5.41) is 11.3. The molecule has 1 N–H and O–H groups in total. The Labute approximate surface area is 213 Å². The molecule has 5 aromatic rings. The number of carbonyl (C=O) groups is 2. The minimum absolute atomic E-state index is 0.111. The van der Waals surface area contributed by atoms with Crippen LogP contribution in [0.3, 0.4) is 0 Å². The molecule has 0 bridgehead atoms. The molecule has 0 saturated carbocycles. The fourth-order valence-electron chi connectivity index (χ4n) is 4.36. The number of hydrogen-bond acceptors (Lipinski definition) is 6. The summed E-state index contributed by atoms with van der Waals surface area (Å²) in [6, 6.07) is 21.0. The van der Waals surface area contributed by atoms with E-state index in [1.54, 1.807) is 42.1 Å². The molecule has 1 unspecified atom stereocenters. The van der Waals surface area contributed by atoms with Gasteiger partial charge in [0.15, 0.2) is 6.04 Å². The third-order valence-corrected chi connectivity index (χ3v) is 6.16. The molecule has 0 saturated heterocycles. The van der Waals surface area contributed by atoms with Gasteiger partial charge in [-0.1, -0.05) is 42.5 Å². The molecule has 0 spiro atoms. The molecular formula is C28H27N5O4. The van der Waals surface area contributed by atoms with Crippen LogP contribution in [0.5, 0.6) is 0 Å². The number of anilines is 1. The van der Waals surface area contributed by atoms with E-state index in [0.717, 1.165) is 11.1 Å². The van der Waals surface area contributed by atoms with Crippen molar-refractivity contribution >= 4 is 28.5 Å². The van der Waals surface area contributed by atoms with Crippen LogP contribution in [0.15, 0.2) is 87.9 Å². The van der Waals surface area contributed by atoms with Crippen LogP contribution in [-0.2, 0) is 29.1 Å². The lowest BCUT2D eigenvalue weighted by atomic mass is 10.1. The Hall–Kier alpha value is -4.66. The van der Waals surface area contributed by atoms with E-state index in [0.29, 0.717) is 34.9 Å². The Morgan fingerprint density at radius 2 is 1.84 bits per heavy atom. The van der Waals surface area contributed by atoms with E-state index >= 15 is 0 Å². The largest absolute Gasteiger partial charge is 0.467 e. The highest BCUT2D eigenvalue weighted by Crippen LogP contribution is 2.32. The fourth-order valence-corrected chi connectivity index (χ4v) is 4.36. The zero-order chi connectivity index (χ0) is 25.8. The second-order valence-electron chi connectivity index (χ2n) is 8.63. The van der Waals surface area contributed by atoms with Crippen LogP contribution in [0.4, 0.5) is 5.69 Å². The summed E-state index contributed by atoms with van der Waals surface area (Å²) < 4.78 is 12.8. The van der Waals surface area contributed by atoms with Gasteiger partial charge in [0.2, 0.25) is 5.91 Å². The predicted octanol–water partition coefficient (Wildman–Crippen LogP) is 4.58. The monoisotopic (exact) mass is 497 g/mol. The van der Waals surface area contributed by atoms with Gasteiger partial charge in [-0.25, -0.2) is 4.68 Å². The molecule has 9 heteroatoms. The van der Waals surface area contributed by atoms with Crippen molar-refractivity contribution in [3.8, 4) is 0 Å². The van der Waals surface area contributed by atoms with Crippen LogP contribution < -0.4 is 10.2 Å². The molecule has 0 aliphatic rings. The second kappa shape index (κ2) is 10.5. The minimum atomic E-state index is -1.06. The van der Waals surface area contributed by atoms with Crippen molar-refractivity contribution in [2.75, 3.05) is 4.90 Å². The number of aromatic nitrogens is 3. The van der Waals surface area contributed by atoms with E-state index in [-0.39, 0.29) is 19.0 Å². The lowest BCUT2D eigenvalue weighted by Gasteiger charge is -2.31. The smallest absolute Gasteiger partial charge is 0.251 e. The maximum absolute atomic E-state index is 14.1. The van der Waals surface area contributed by atoms with Gasteiger partial charge in [0.1, 0.15) is 29.3 Å². The number of rotatable bonds is 9. The Morgan fingerprint density at radius 1 is 1.03 bits per heavy atom. The molecule has 1 atom stereocenters. The highest BCUT2D eigenvalue weighted by Gasteiger charge is 2.36. The molecule has 3 heterocycles. The van der Waals surface area contributed by atoms with Crippen molar-refractivity contribution < 1.29 is 18.4 Å². The first-order chi connectivity index (χ1) is 18.0. The van der Waals surface area contributed by atoms with Crippen molar-refractivity contribution in [2.24, 2.45) is 0 Å². The highest BCUT2D eigenvalue weighted by atomic mass is 16.3. The number of nitrogens with zero attached hydrogens (tertiary/aromatic N) is 4. The van der Waals surface area contributed by atoms with Gasteiger partial charge < -0.3 is 14.2 Å². The SMILES string of the molecule is CCc1ccccc1N(C(=O)Cn1nnc2ccccc21)C(C(=O)NCc1ccco1)c1ccc(C)o1. The van der Waals surface area contributed by atoms with Crippen molar-refractivity contribution in [3.63, 3.8) is 0 Å². The van der Waals surface area contributed by atoms with Crippen molar-refractivity contribution in [2.45, 2.75) is 39.4 Å². The number of aryl methyl sites for hydroxylation is 2. The first-order valence-corrected chi connectivity index (χ1v) is 12.1. The zero-order valence-electron chi connectivity index (χ0n) is 20.6. The van der Waals surface area contributed by atoms with Crippen molar-refractivity contribution in [1.82, 2.24) is 20.3 Å². The summed E-state index contributed by atoms with van der Waals surface area (Å²) in [6.45, 7) is 3.87. The number of furan rings is 2. The Bertz CT molecular complexity index is 1520. The quantitative estimate of drug-likeness (QED) is 0.320. The number of hydrogen-bond donors (Lipinski definition) is 1. The van der Waals surface area contributed by atoms with Gasteiger partial charge in [-0.3, -0.25) is 14.5 Å². The van der Waals surface area contributed by atoms with Crippen LogP contribution in [0.1, 0.15) is 35.8 Å². The summed E-state index contributed by atoms with van der Waals surface area (Å²) in [6.07, 6.45) is 2.22. The standard InChI is InChI=1S/C28H27N5O4/c1-3-20-9-4-6-12-23(20)33(26(34)18-32-24-13-7-5-11-22(24)30-31-32)27(25-15-14-19(2)37-25)28(35)29-17-21-10-8-16-36-21/h4-16,27H,3,17-18H2,1-2H3,(H,29,35). The van der Waals surface area contributed by atoms with E-state index in [9.17, 15) is 9.59 Å². The molecule has 0 aliphatic carbocycles. The summed E-state index contributed by atoms with van der Waals surface area (Å²) in [5.41, 5.74) is 2.97. The molecule has 0 aliphatic heterocycles. The normalized spacial score (nSPS) is 11.9. The van der Waals surface area contributed by atoms with Gasteiger partial charge >= 0.3 is 0 Å². The van der Waals surface area contributed by atoms with Crippen LogP contribution in [0.25, 0.3) is 11.0 Å². The van der Waals surface area contributed by atoms with Crippen LogP contribution in [0, 0.1) is 6.92 Å². The first-order valence-electron chi connectivity index (χ1n) is 12.1. The number of benzene rings is 2. The molecular weight excluding hydrogens is 470 g/mol. The number of para-hydroxylation sites is 2. The molecule has 37 heavy (non-hydrogen) atoms. The van der Waals surface area contributed by atoms with Gasteiger partial charge in [0, 0.05) is 5.69 Å². The second-order valence-corrected chi connectivity index (χ2v) is 8.63. The van der Waals surface area contributed by atoms with E-state index in [1.165, 1.54) is 4.90 Å². The lowest BCUT2D eigenvalue weighted by molar-refractivity contribution is -0.127. The van der Waals surface area contributed by atoms with Gasteiger partial charge in [0.05, 0.1) is 18.3 Å². The Balaban J connectivity index is 1.57. The summed E-state index contributed by atoms with van der Waals surface area (Å²) in [7, 11) is 0. The number of nitrogens with one attached hydrogen (secondary N) is 1. The third-order valence-electron chi connectivity index (χ3n) is 6.16. The fraction of sp³-hybridized carbons (Fsp3) is 0.214. The van der Waals surface area contributed by atoms with Crippen molar-refractivity contribution in [1.29, 1.82) is 0 Å². The minimum Gasteiger partial charge on any atom is -0.467 e. The predicted molar refractivity (Wildman–Crippen MR) is 138 cm³/mol. The molecule has 2 aromatic carbocycles. The average Bonchev–Trinajstić information content (AvgIpc) is 3.68.